The molecule has 0 aromatic carbocycles. The van der Waals surface area contributed by atoms with Gasteiger partial charge in [-0.2, -0.15) is 11.8 Å². The highest BCUT2D eigenvalue weighted by Crippen LogP contribution is 2.42. The van der Waals surface area contributed by atoms with Crippen LogP contribution < -0.4 is 0 Å². The Labute approximate surface area is 368 Å². The molecule has 1 aliphatic carbocycles. The molecular weight excluding hydrogens is 857 g/mol. The molecule has 17 heteroatoms. The molecule has 0 aromatic heterocycles. The molecule has 0 amide bonds. The van der Waals surface area contributed by atoms with Gasteiger partial charge in [-0.05, 0) is 143 Å². The summed E-state index contributed by atoms with van der Waals surface area (Å²) in [6, 6.07) is 2.72. The van der Waals surface area contributed by atoms with Crippen LogP contribution in [0.1, 0.15) is 120 Å². The van der Waals surface area contributed by atoms with Gasteiger partial charge in [-0.15, -0.1) is 0 Å². The third-order valence-electron chi connectivity index (χ3n) is 9.70. The van der Waals surface area contributed by atoms with Gasteiger partial charge in [-0.3, -0.25) is 0 Å². The minimum atomic E-state index is -2.55. The maximum absolute atomic E-state index is 6.09. The second kappa shape index (κ2) is 36.5. The SMILES string of the molecule is CCO[Si](CCCSCCC1CCC(CCSSCCC[Si](OCC)(OCC)OCC)CC1CCSSCCC[Si](OCC)(OCC)OCC)(OCC)OCC. The van der Waals surface area contributed by atoms with E-state index in [9.17, 15) is 0 Å². The number of hydrogen-bond acceptors (Lipinski definition) is 14. The molecule has 0 aliphatic heterocycles. The van der Waals surface area contributed by atoms with Crippen molar-refractivity contribution in [1.29, 1.82) is 0 Å². The van der Waals surface area contributed by atoms with Crippen LogP contribution in [0.2, 0.25) is 18.1 Å². The highest BCUT2D eigenvalue weighted by Gasteiger charge is 2.41. The second-order valence-corrected chi connectivity index (χ2v) is 28.5. The van der Waals surface area contributed by atoms with E-state index >= 15 is 0 Å². The summed E-state index contributed by atoms with van der Waals surface area (Å²) < 4.78 is 54.6. The van der Waals surface area contributed by atoms with Crippen molar-refractivity contribution in [3.63, 3.8) is 0 Å². The third-order valence-corrected chi connectivity index (χ3v) is 25.3. The summed E-state index contributed by atoms with van der Waals surface area (Å²) in [5.41, 5.74) is 0. The van der Waals surface area contributed by atoms with E-state index in [-0.39, 0.29) is 0 Å². The van der Waals surface area contributed by atoms with E-state index in [0.717, 1.165) is 72.4 Å². The first-order valence-corrected chi connectivity index (χ1v) is 34.0. The first-order chi connectivity index (χ1) is 27.3. The maximum Gasteiger partial charge on any atom is 0.500 e. The normalized spacial score (nSPS) is 18.3. The van der Waals surface area contributed by atoms with E-state index in [1.807, 2.05) is 83.9 Å². The monoisotopic (exact) mass is 940 g/mol. The van der Waals surface area contributed by atoms with Crippen molar-refractivity contribution in [2.75, 3.05) is 94.0 Å². The molecule has 1 saturated carbocycles. The predicted molar refractivity (Wildman–Crippen MR) is 255 cm³/mol. The van der Waals surface area contributed by atoms with Gasteiger partial charge in [0.2, 0.25) is 0 Å². The predicted octanol–water partition coefficient (Wildman–Crippen LogP) is 12.0. The van der Waals surface area contributed by atoms with Gasteiger partial charge in [0.15, 0.2) is 0 Å². The zero-order valence-electron chi connectivity index (χ0n) is 37.0. The minimum Gasteiger partial charge on any atom is -0.374 e. The van der Waals surface area contributed by atoms with E-state index in [2.05, 4.69) is 33.3 Å². The van der Waals surface area contributed by atoms with Gasteiger partial charge in [-0.1, -0.05) is 49.6 Å². The third kappa shape index (κ3) is 24.6. The van der Waals surface area contributed by atoms with Gasteiger partial charge in [0.1, 0.15) is 0 Å². The first-order valence-electron chi connectivity index (χ1n) is 22.1. The molecule has 0 aromatic rings. The molecule has 0 saturated heterocycles. The lowest BCUT2D eigenvalue weighted by Gasteiger charge is -2.36. The Morgan fingerprint density at radius 3 is 1.11 bits per heavy atom. The average Bonchev–Trinajstić information content (AvgIpc) is 3.17. The Morgan fingerprint density at radius 2 is 0.714 bits per heavy atom. The van der Waals surface area contributed by atoms with Crippen LogP contribution in [0.15, 0.2) is 0 Å². The second-order valence-electron chi connectivity index (χ2n) is 13.7. The molecule has 9 nitrogen and oxygen atoms in total. The van der Waals surface area contributed by atoms with Crippen molar-refractivity contribution in [2.24, 2.45) is 17.8 Å². The van der Waals surface area contributed by atoms with Crippen molar-refractivity contribution >= 4 is 81.4 Å². The zero-order chi connectivity index (χ0) is 41.2. The molecule has 336 valence electrons. The van der Waals surface area contributed by atoms with E-state index in [1.54, 1.807) is 0 Å². The average molecular weight is 942 g/mol. The van der Waals surface area contributed by atoms with E-state index in [0.29, 0.717) is 59.5 Å². The van der Waals surface area contributed by atoms with Crippen molar-refractivity contribution in [3.8, 4) is 0 Å². The number of thioether (sulfide) groups is 1. The smallest absolute Gasteiger partial charge is 0.374 e. The van der Waals surface area contributed by atoms with Crippen molar-refractivity contribution < 1.29 is 39.8 Å². The van der Waals surface area contributed by atoms with Gasteiger partial charge in [0.25, 0.3) is 0 Å². The quantitative estimate of drug-likeness (QED) is 0.0331. The maximum atomic E-state index is 6.09. The van der Waals surface area contributed by atoms with Crippen LogP contribution in [0.4, 0.5) is 0 Å². The van der Waals surface area contributed by atoms with Gasteiger partial charge in [0, 0.05) is 101 Å². The molecule has 0 spiro atoms. The van der Waals surface area contributed by atoms with E-state index in [1.165, 1.54) is 55.8 Å². The molecule has 56 heavy (non-hydrogen) atoms. The fourth-order valence-corrected chi connectivity index (χ4v) is 21.6. The Kier molecular flexibility index (Phi) is 36.6. The van der Waals surface area contributed by atoms with Crippen LogP contribution >= 0.6 is 54.9 Å². The summed E-state index contributed by atoms with van der Waals surface area (Å²) in [6.07, 6.45) is 11.4. The summed E-state index contributed by atoms with van der Waals surface area (Å²) in [5.74, 6) is 9.63. The highest BCUT2D eigenvalue weighted by atomic mass is 33.1. The summed E-state index contributed by atoms with van der Waals surface area (Å²) in [6.45, 7) is 24.2. The van der Waals surface area contributed by atoms with Crippen LogP contribution in [0.25, 0.3) is 0 Å². The van der Waals surface area contributed by atoms with Crippen LogP contribution in [0.5, 0.6) is 0 Å². The molecule has 0 N–H and O–H groups in total. The van der Waals surface area contributed by atoms with Crippen LogP contribution in [0, 0.1) is 17.8 Å². The van der Waals surface area contributed by atoms with E-state index < -0.39 is 26.4 Å². The fourth-order valence-electron chi connectivity index (χ4n) is 7.50. The summed E-state index contributed by atoms with van der Waals surface area (Å²) in [7, 11) is 0.552. The lowest BCUT2D eigenvalue weighted by Crippen LogP contribution is -2.46. The Balaban J connectivity index is 2.62. The van der Waals surface area contributed by atoms with Crippen LogP contribution in [-0.4, -0.2) is 120 Å². The minimum absolute atomic E-state index is 0.645. The molecule has 1 fully saturated rings. The van der Waals surface area contributed by atoms with Crippen molar-refractivity contribution in [1.82, 2.24) is 0 Å². The first kappa shape index (κ1) is 56.1. The zero-order valence-corrected chi connectivity index (χ0v) is 44.1. The largest absolute Gasteiger partial charge is 0.500 e. The molecule has 0 heterocycles. The van der Waals surface area contributed by atoms with Crippen LogP contribution in [-0.2, 0) is 39.8 Å². The standard InChI is InChI=1S/C39H84O9S5Si3/c1-10-40-54(41-11-2,42-12-3)33-19-27-49-30-25-38-23-22-37(24-31-52-50-28-20-34-55(43-13-4,44-14-5)45-15-6)36-39(38)26-32-53-51-29-21-35-56(46-16-7,47-17-8)48-18-9/h37-39H,10-36H2,1-9H3. The van der Waals surface area contributed by atoms with Gasteiger partial charge < -0.3 is 39.8 Å². The lowest BCUT2D eigenvalue weighted by atomic mass is 9.71. The Hall–Kier alpha value is 2.04. The van der Waals surface area contributed by atoms with Gasteiger partial charge in [-0.25, -0.2) is 0 Å². The Bertz CT molecular complexity index is 845. The van der Waals surface area contributed by atoms with Crippen LogP contribution in [0.3, 0.4) is 0 Å². The van der Waals surface area contributed by atoms with E-state index in [4.69, 9.17) is 39.8 Å². The number of hydrogen-bond donors (Lipinski definition) is 0. The molecule has 1 rings (SSSR count). The van der Waals surface area contributed by atoms with Gasteiger partial charge in [0.05, 0.1) is 0 Å². The topological polar surface area (TPSA) is 83.1 Å². The van der Waals surface area contributed by atoms with Crippen molar-refractivity contribution in [3.05, 3.63) is 0 Å². The Morgan fingerprint density at radius 1 is 0.375 bits per heavy atom. The molecule has 3 atom stereocenters. The summed E-state index contributed by atoms with van der Waals surface area (Å²) in [4.78, 5) is 0. The molecule has 0 radical (unpaired) electrons. The molecule has 3 unspecified atom stereocenters. The molecule has 0 bridgehead atoms. The highest BCUT2D eigenvalue weighted by molar-refractivity contribution is 8.77. The molecule has 1 aliphatic rings. The number of rotatable bonds is 41. The summed E-state index contributed by atoms with van der Waals surface area (Å²) in [5, 5.41) is 0. The lowest BCUT2D eigenvalue weighted by molar-refractivity contribution is 0.0704. The van der Waals surface area contributed by atoms with Crippen molar-refractivity contribution in [2.45, 2.75) is 138 Å². The fraction of sp³-hybridized carbons (Fsp3) is 1.00. The summed E-state index contributed by atoms with van der Waals surface area (Å²) >= 11 is 2.12. The van der Waals surface area contributed by atoms with Gasteiger partial charge >= 0.3 is 26.4 Å². The molecular formula is C39H84O9S5Si3.